The predicted molar refractivity (Wildman–Crippen MR) is 70.8 cm³/mol. The van der Waals surface area contributed by atoms with Crippen molar-refractivity contribution in [2.24, 2.45) is 5.73 Å². The Hall–Kier alpha value is -1.29. The summed E-state index contributed by atoms with van der Waals surface area (Å²) in [6.07, 6.45) is 0. The van der Waals surface area contributed by atoms with Crippen molar-refractivity contribution in [1.82, 2.24) is 0 Å². The van der Waals surface area contributed by atoms with Crippen molar-refractivity contribution in [3.8, 4) is 11.5 Å². The van der Waals surface area contributed by atoms with Gasteiger partial charge >= 0.3 is 0 Å². The first kappa shape index (κ1) is 13.1. The molecule has 0 unspecified atom stereocenters. The highest BCUT2D eigenvalue weighted by Gasteiger charge is 2.10. The summed E-state index contributed by atoms with van der Waals surface area (Å²) in [5.74, 6) is -0.0142. The van der Waals surface area contributed by atoms with Crippen LogP contribution >= 0.6 is 23.2 Å². The molecule has 2 rings (SSSR count). The number of rotatable bonds is 3. The van der Waals surface area contributed by atoms with Crippen molar-refractivity contribution in [1.29, 1.82) is 0 Å². The van der Waals surface area contributed by atoms with Gasteiger partial charge in [-0.05, 0) is 24.3 Å². The summed E-state index contributed by atoms with van der Waals surface area (Å²) < 4.78 is 19.1. The smallest absolute Gasteiger partial charge is 0.167 e. The van der Waals surface area contributed by atoms with Gasteiger partial charge in [0.2, 0.25) is 0 Å². The van der Waals surface area contributed by atoms with Gasteiger partial charge < -0.3 is 10.5 Å². The van der Waals surface area contributed by atoms with Crippen molar-refractivity contribution < 1.29 is 9.13 Å². The van der Waals surface area contributed by atoms with Gasteiger partial charge in [0.05, 0.1) is 0 Å². The molecule has 0 atom stereocenters. The molecule has 0 saturated heterocycles. The third kappa shape index (κ3) is 2.93. The summed E-state index contributed by atoms with van der Waals surface area (Å²) in [4.78, 5) is 0. The number of benzene rings is 2. The first-order chi connectivity index (χ1) is 8.60. The van der Waals surface area contributed by atoms with E-state index < -0.39 is 5.82 Å². The molecule has 0 saturated carbocycles. The van der Waals surface area contributed by atoms with E-state index in [1.807, 2.05) is 0 Å². The molecule has 0 fully saturated rings. The zero-order valence-electron chi connectivity index (χ0n) is 9.29. The average molecular weight is 286 g/mol. The van der Waals surface area contributed by atoms with Crippen molar-refractivity contribution in [3.63, 3.8) is 0 Å². The zero-order valence-corrected chi connectivity index (χ0v) is 10.8. The fourth-order valence-corrected chi connectivity index (χ4v) is 2.04. The summed E-state index contributed by atoms with van der Waals surface area (Å²) in [6.45, 7) is 0.182. The molecule has 2 N–H and O–H groups in total. The Balaban J connectivity index is 2.39. The molecule has 0 aliphatic rings. The van der Waals surface area contributed by atoms with E-state index in [4.69, 9.17) is 33.7 Å². The standard InChI is InChI=1S/C13H10Cl2FNO/c14-9-4-10(15)6-11(5-9)18-13-8(7-17)2-1-3-12(13)16/h1-6H,7,17H2. The second-order valence-corrected chi connectivity index (χ2v) is 4.51. The van der Waals surface area contributed by atoms with Gasteiger partial charge in [0.1, 0.15) is 5.75 Å². The Kier molecular flexibility index (Phi) is 4.07. The predicted octanol–water partition coefficient (Wildman–Crippen LogP) is 4.38. The van der Waals surface area contributed by atoms with Crippen LogP contribution in [0.2, 0.25) is 10.0 Å². The lowest BCUT2D eigenvalue weighted by molar-refractivity contribution is 0.436. The second-order valence-electron chi connectivity index (χ2n) is 3.64. The van der Waals surface area contributed by atoms with Crippen LogP contribution in [0, 0.1) is 5.82 Å². The maximum Gasteiger partial charge on any atom is 0.167 e. The van der Waals surface area contributed by atoms with Gasteiger partial charge in [0, 0.05) is 22.2 Å². The van der Waals surface area contributed by atoms with Crippen LogP contribution in [0.1, 0.15) is 5.56 Å². The van der Waals surface area contributed by atoms with Crippen LogP contribution in [0.4, 0.5) is 4.39 Å². The Labute approximate surface area is 114 Å². The van der Waals surface area contributed by atoms with Gasteiger partial charge in [-0.15, -0.1) is 0 Å². The fraction of sp³-hybridized carbons (Fsp3) is 0.0769. The fourth-order valence-electron chi connectivity index (χ4n) is 1.53. The van der Waals surface area contributed by atoms with E-state index in [-0.39, 0.29) is 12.3 Å². The van der Waals surface area contributed by atoms with Gasteiger partial charge in [-0.3, -0.25) is 0 Å². The van der Waals surface area contributed by atoms with Crippen LogP contribution in [0.3, 0.4) is 0 Å². The van der Waals surface area contributed by atoms with Crippen LogP contribution in [0.25, 0.3) is 0 Å². The average Bonchev–Trinajstić information content (AvgIpc) is 2.30. The van der Waals surface area contributed by atoms with Gasteiger partial charge in [0.25, 0.3) is 0 Å². The second kappa shape index (κ2) is 5.57. The Morgan fingerprint density at radius 2 is 1.78 bits per heavy atom. The summed E-state index contributed by atoms with van der Waals surface area (Å²) in [5.41, 5.74) is 6.11. The summed E-state index contributed by atoms with van der Waals surface area (Å²) in [6, 6.07) is 9.27. The molecule has 0 amide bonds. The molecule has 0 bridgehead atoms. The summed E-state index contributed by atoms with van der Waals surface area (Å²) in [5, 5.41) is 0.839. The Morgan fingerprint density at radius 1 is 1.11 bits per heavy atom. The number of para-hydroxylation sites is 1. The quantitative estimate of drug-likeness (QED) is 0.908. The summed E-state index contributed by atoms with van der Waals surface area (Å²) in [7, 11) is 0. The maximum atomic E-state index is 13.7. The molecular weight excluding hydrogens is 276 g/mol. The van der Waals surface area contributed by atoms with Gasteiger partial charge in [-0.1, -0.05) is 35.3 Å². The molecule has 0 radical (unpaired) electrons. The van der Waals surface area contributed by atoms with Crippen LogP contribution in [0.5, 0.6) is 11.5 Å². The first-order valence-corrected chi connectivity index (χ1v) is 5.97. The van der Waals surface area contributed by atoms with Gasteiger partial charge in [0.15, 0.2) is 11.6 Å². The van der Waals surface area contributed by atoms with E-state index in [9.17, 15) is 4.39 Å². The van der Waals surface area contributed by atoms with E-state index in [0.717, 1.165) is 0 Å². The lowest BCUT2D eigenvalue weighted by Crippen LogP contribution is -2.01. The van der Waals surface area contributed by atoms with Gasteiger partial charge in [-0.2, -0.15) is 0 Å². The third-order valence-electron chi connectivity index (χ3n) is 2.32. The molecule has 94 valence electrons. The van der Waals surface area contributed by atoms with Crippen molar-refractivity contribution >= 4 is 23.2 Å². The van der Waals surface area contributed by atoms with Crippen molar-refractivity contribution in [2.75, 3.05) is 0 Å². The maximum absolute atomic E-state index is 13.7. The zero-order chi connectivity index (χ0) is 13.1. The molecule has 0 spiro atoms. The van der Waals surface area contributed by atoms with E-state index in [1.54, 1.807) is 30.3 Å². The van der Waals surface area contributed by atoms with Gasteiger partial charge in [-0.25, -0.2) is 4.39 Å². The Morgan fingerprint density at radius 3 is 2.39 bits per heavy atom. The first-order valence-electron chi connectivity index (χ1n) is 5.21. The lowest BCUT2D eigenvalue weighted by Gasteiger charge is -2.11. The van der Waals surface area contributed by atoms with E-state index in [0.29, 0.717) is 21.4 Å². The third-order valence-corrected chi connectivity index (χ3v) is 2.76. The van der Waals surface area contributed by atoms with E-state index >= 15 is 0 Å². The number of nitrogens with two attached hydrogens (primary N) is 1. The highest BCUT2D eigenvalue weighted by Crippen LogP contribution is 2.31. The molecule has 2 aromatic rings. The minimum absolute atomic E-state index is 0.0957. The molecule has 5 heteroatoms. The highest BCUT2D eigenvalue weighted by molar-refractivity contribution is 6.34. The SMILES string of the molecule is NCc1cccc(F)c1Oc1cc(Cl)cc(Cl)c1. The number of hydrogen-bond acceptors (Lipinski definition) is 2. The lowest BCUT2D eigenvalue weighted by atomic mass is 10.2. The molecule has 2 aromatic carbocycles. The molecule has 2 nitrogen and oxygen atoms in total. The van der Waals surface area contributed by atoms with Crippen LogP contribution in [0.15, 0.2) is 36.4 Å². The molecule has 18 heavy (non-hydrogen) atoms. The normalized spacial score (nSPS) is 10.4. The molecule has 0 aliphatic heterocycles. The largest absolute Gasteiger partial charge is 0.454 e. The monoisotopic (exact) mass is 285 g/mol. The van der Waals surface area contributed by atoms with E-state index in [2.05, 4.69) is 0 Å². The number of hydrogen-bond donors (Lipinski definition) is 1. The Bertz CT molecular complexity index is 555. The van der Waals surface area contributed by atoms with Crippen molar-refractivity contribution in [3.05, 3.63) is 57.8 Å². The highest BCUT2D eigenvalue weighted by atomic mass is 35.5. The topological polar surface area (TPSA) is 35.2 Å². The van der Waals surface area contributed by atoms with Crippen molar-refractivity contribution in [2.45, 2.75) is 6.54 Å². The van der Waals surface area contributed by atoms with Crippen LogP contribution in [-0.2, 0) is 6.54 Å². The minimum Gasteiger partial charge on any atom is -0.454 e. The molecular formula is C13H10Cl2FNO. The van der Waals surface area contributed by atoms with E-state index in [1.165, 1.54) is 6.07 Å². The molecule has 0 aliphatic carbocycles. The number of ether oxygens (including phenoxy) is 1. The molecule has 0 heterocycles. The van der Waals surface area contributed by atoms with Crippen LogP contribution < -0.4 is 10.5 Å². The number of halogens is 3. The summed E-state index contributed by atoms with van der Waals surface area (Å²) >= 11 is 11.7. The molecule has 0 aromatic heterocycles. The van der Waals surface area contributed by atoms with Crippen LogP contribution in [-0.4, -0.2) is 0 Å². The minimum atomic E-state index is -0.478.